The summed E-state index contributed by atoms with van der Waals surface area (Å²) in [6, 6.07) is 22.0. The fraction of sp³-hybridized carbons (Fsp3) is 0.439. The molecule has 286 valence electrons. The lowest BCUT2D eigenvalue weighted by Gasteiger charge is -2.34. The molecule has 4 aromatic rings. The van der Waals surface area contributed by atoms with Gasteiger partial charge in [0.1, 0.15) is 12.6 Å². The maximum atomic E-state index is 14.3. The third-order valence-electron chi connectivity index (χ3n) is 11.0. The molecule has 1 aromatic heterocycles. The van der Waals surface area contributed by atoms with Crippen molar-refractivity contribution in [3.8, 4) is 0 Å². The van der Waals surface area contributed by atoms with Crippen molar-refractivity contribution in [2.24, 2.45) is 17.0 Å². The summed E-state index contributed by atoms with van der Waals surface area (Å²) in [5, 5.41) is 18.6. The number of carbonyl (C=O) groups is 2. The fourth-order valence-corrected chi connectivity index (χ4v) is 8.79. The molecule has 0 unspecified atom stereocenters. The van der Waals surface area contributed by atoms with Gasteiger partial charge in [-0.05, 0) is 65.1 Å². The lowest BCUT2D eigenvalue weighted by Crippen LogP contribution is -2.57. The standard InChI is InChI=1S/C41H50N6O6S/c1-3-28(2)39(47-21-20-46(41(47)50)27-32-18-19-42-35-15-8-7-14-34(32)35)40(49)45-36(24-30-10-5-4-6-11-30)37(48)26-44-54(52,53)38-17-16-31(25-43-51)23-33(38)22-29-12-9-13-29/h4-8,10-11,14-19,23,28-29,36-37,39,44,48H,3,9,12-13,20-22,24-27H2,1-2H3,(H,45,49)/t28-,36-,37+,39-/m0/s1. The number of nitrogens with zero attached hydrogens (tertiary/aromatic N) is 4. The Labute approximate surface area is 317 Å². The number of urea groups is 1. The summed E-state index contributed by atoms with van der Waals surface area (Å²) < 4.78 is 30.1. The van der Waals surface area contributed by atoms with Crippen LogP contribution in [0.5, 0.6) is 0 Å². The van der Waals surface area contributed by atoms with Gasteiger partial charge in [-0.2, -0.15) is 4.91 Å². The van der Waals surface area contributed by atoms with Crippen LogP contribution < -0.4 is 10.0 Å². The van der Waals surface area contributed by atoms with Crippen LogP contribution >= 0.6 is 0 Å². The van der Waals surface area contributed by atoms with Crippen molar-refractivity contribution in [2.75, 3.05) is 19.6 Å². The Morgan fingerprint density at radius 2 is 1.76 bits per heavy atom. The summed E-state index contributed by atoms with van der Waals surface area (Å²) >= 11 is 0. The van der Waals surface area contributed by atoms with Crippen LogP contribution in [0.4, 0.5) is 4.79 Å². The van der Waals surface area contributed by atoms with Gasteiger partial charge in [0.15, 0.2) is 0 Å². The van der Waals surface area contributed by atoms with E-state index in [1.165, 1.54) is 6.07 Å². The zero-order chi connectivity index (χ0) is 38.2. The number of nitrogens with one attached hydrogen (secondary N) is 2. The molecule has 1 aliphatic heterocycles. The number of carbonyl (C=O) groups excluding carboxylic acids is 2. The second-order valence-electron chi connectivity index (χ2n) is 14.7. The van der Waals surface area contributed by atoms with E-state index in [0.717, 1.165) is 41.3 Å². The smallest absolute Gasteiger partial charge is 0.321 e. The highest BCUT2D eigenvalue weighted by atomic mass is 32.2. The van der Waals surface area contributed by atoms with E-state index in [9.17, 15) is 28.0 Å². The molecular weight excluding hydrogens is 705 g/mol. The maximum Gasteiger partial charge on any atom is 0.321 e. The van der Waals surface area contributed by atoms with Gasteiger partial charge in [-0.25, -0.2) is 17.9 Å². The van der Waals surface area contributed by atoms with Gasteiger partial charge in [0.25, 0.3) is 0 Å². The largest absolute Gasteiger partial charge is 0.390 e. The first-order valence-electron chi connectivity index (χ1n) is 18.9. The summed E-state index contributed by atoms with van der Waals surface area (Å²) in [5.41, 5.74) is 3.93. The third kappa shape index (κ3) is 9.14. The first kappa shape index (κ1) is 39.0. The quantitative estimate of drug-likeness (QED) is 0.112. The number of aromatic nitrogens is 1. The number of hydrogen-bond acceptors (Lipinski definition) is 8. The fourth-order valence-electron chi connectivity index (χ4n) is 7.50. The number of para-hydroxylation sites is 1. The molecule has 2 aliphatic rings. The first-order valence-corrected chi connectivity index (χ1v) is 20.4. The Morgan fingerprint density at radius 3 is 2.48 bits per heavy atom. The Balaban J connectivity index is 1.19. The van der Waals surface area contributed by atoms with Crippen molar-refractivity contribution in [1.29, 1.82) is 0 Å². The van der Waals surface area contributed by atoms with Crippen LogP contribution in [-0.2, 0) is 40.7 Å². The minimum absolute atomic E-state index is 0.0500. The molecule has 2 fully saturated rings. The van der Waals surface area contributed by atoms with Gasteiger partial charge in [-0.3, -0.25) is 9.78 Å². The van der Waals surface area contributed by atoms with Gasteiger partial charge in [-0.1, -0.05) is 105 Å². The second-order valence-corrected chi connectivity index (χ2v) is 16.4. The lowest BCUT2D eigenvalue weighted by atomic mass is 9.81. The van der Waals surface area contributed by atoms with E-state index in [2.05, 4.69) is 20.2 Å². The number of aliphatic hydroxyl groups excluding tert-OH is 1. The number of hydrogen-bond donors (Lipinski definition) is 3. The molecule has 4 atom stereocenters. The topological polar surface area (TPSA) is 161 Å². The van der Waals surface area contributed by atoms with E-state index in [-0.39, 0.29) is 36.4 Å². The molecular formula is C41H50N6O6S. The highest BCUT2D eigenvalue weighted by Gasteiger charge is 2.41. The van der Waals surface area contributed by atoms with E-state index in [4.69, 9.17) is 0 Å². The van der Waals surface area contributed by atoms with Crippen molar-refractivity contribution in [3.05, 3.63) is 112 Å². The van der Waals surface area contributed by atoms with Crippen molar-refractivity contribution in [2.45, 2.75) is 88.5 Å². The summed E-state index contributed by atoms with van der Waals surface area (Å²) in [6.07, 6.45) is 5.01. The number of fused-ring (bicyclic) bond motifs is 1. The SMILES string of the molecule is CC[C@H](C)[C@@H](C(=O)N[C@@H](Cc1ccccc1)[C@H](O)CNS(=O)(=O)c1ccc(CN=O)cc1CC1CCC1)N1CCN(Cc2ccnc3ccccc23)C1=O. The van der Waals surface area contributed by atoms with E-state index < -0.39 is 34.1 Å². The van der Waals surface area contributed by atoms with Crippen LogP contribution in [0.2, 0.25) is 0 Å². The normalized spacial score (nSPS) is 17.2. The summed E-state index contributed by atoms with van der Waals surface area (Å²) in [7, 11) is -4.08. The predicted molar refractivity (Wildman–Crippen MR) is 208 cm³/mol. The molecule has 0 spiro atoms. The van der Waals surface area contributed by atoms with Crippen LogP contribution in [0.3, 0.4) is 0 Å². The van der Waals surface area contributed by atoms with Crippen molar-refractivity contribution in [1.82, 2.24) is 24.8 Å². The molecule has 3 N–H and O–H groups in total. The van der Waals surface area contributed by atoms with Gasteiger partial charge in [0.05, 0.1) is 22.6 Å². The van der Waals surface area contributed by atoms with Gasteiger partial charge in [0, 0.05) is 37.8 Å². The lowest BCUT2D eigenvalue weighted by molar-refractivity contribution is -0.128. The maximum absolute atomic E-state index is 14.3. The molecule has 0 bridgehead atoms. The number of aliphatic hydroxyl groups is 1. The second kappa shape index (κ2) is 17.6. The number of sulfonamides is 1. The monoisotopic (exact) mass is 754 g/mol. The van der Waals surface area contributed by atoms with Crippen molar-refractivity contribution in [3.63, 3.8) is 0 Å². The van der Waals surface area contributed by atoms with Gasteiger partial charge < -0.3 is 20.2 Å². The summed E-state index contributed by atoms with van der Waals surface area (Å²) in [6.45, 7) is 4.69. The Kier molecular flexibility index (Phi) is 12.7. The van der Waals surface area contributed by atoms with Crippen LogP contribution in [0, 0.1) is 16.7 Å². The molecule has 3 aromatic carbocycles. The molecule has 1 saturated heterocycles. The van der Waals surface area contributed by atoms with E-state index in [0.29, 0.717) is 49.5 Å². The van der Waals surface area contributed by atoms with Gasteiger partial charge in [0.2, 0.25) is 15.9 Å². The Morgan fingerprint density at radius 1 is 1.00 bits per heavy atom. The van der Waals surface area contributed by atoms with Crippen LogP contribution in [0.15, 0.2) is 95.1 Å². The van der Waals surface area contributed by atoms with Gasteiger partial charge in [-0.15, -0.1) is 0 Å². The van der Waals surface area contributed by atoms with E-state index in [1.807, 2.05) is 74.5 Å². The van der Waals surface area contributed by atoms with Crippen molar-refractivity contribution < 1.29 is 23.1 Å². The third-order valence-corrected chi connectivity index (χ3v) is 12.5. The predicted octanol–water partition coefficient (Wildman–Crippen LogP) is 5.56. The first-order chi connectivity index (χ1) is 26.1. The molecule has 13 heteroatoms. The average molecular weight is 755 g/mol. The number of benzene rings is 3. The minimum atomic E-state index is -4.08. The zero-order valence-electron chi connectivity index (χ0n) is 30.9. The number of amides is 3. The number of nitroso groups, excluding NO2 is 1. The molecule has 0 radical (unpaired) electrons. The average Bonchev–Trinajstić information content (AvgIpc) is 3.50. The van der Waals surface area contributed by atoms with E-state index >= 15 is 0 Å². The molecule has 2 heterocycles. The molecule has 1 saturated carbocycles. The zero-order valence-corrected chi connectivity index (χ0v) is 31.7. The van der Waals surface area contributed by atoms with Gasteiger partial charge >= 0.3 is 6.03 Å². The minimum Gasteiger partial charge on any atom is -0.390 e. The number of rotatable bonds is 18. The molecule has 54 heavy (non-hydrogen) atoms. The molecule has 1 aliphatic carbocycles. The van der Waals surface area contributed by atoms with Crippen LogP contribution in [0.25, 0.3) is 10.9 Å². The highest BCUT2D eigenvalue weighted by molar-refractivity contribution is 7.89. The number of pyridine rings is 1. The molecule has 12 nitrogen and oxygen atoms in total. The van der Waals surface area contributed by atoms with Crippen LogP contribution in [0.1, 0.15) is 61.8 Å². The Bertz CT molecular complexity index is 2040. The molecule has 3 amide bonds. The van der Waals surface area contributed by atoms with Crippen molar-refractivity contribution >= 4 is 32.9 Å². The van der Waals surface area contributed by atoms with Crippen LogP contribution in [-0.4, -0.2) is 78.1 Å². The summed E-state index contributed by atoms with van der Waals surface area (Å²) in [4.78, 5) is 47.1. The highest BCUT2D eigenvalue weighted by Crippen LogP contribution is 2.32. The molecule has 6 rings (SSSR count). The van der Waals surface area contributed by atoms with E-state index in [1.54, 1.807) is 28.1 Å². The Hall–Kier alpha value is -4.72. The summed E-state index contributed by atoms with van der Waals surface area (Å²) in [5.74, 6) is -0.230.